The van der Waals surface area contributed by atoms with E-state index in [2.05, 4.69) is 36.1 Å². The van der Waals surface area contributed by atoms with Crippen LogP contribution in [0.1, 0.15) is 0 Å². The van der Waals surface area contributed by atoms with Crippen molar-refractivity contribution < 1.29 is 0 Å². The first-order valence-corrected chi connectivity index (χ1v) is 5.91. The fourth-order valence-electron chi connectivity index (χ4n) is 0.658. The van der Waals surface area contributed by atoms with E-state index in [1.165, 1.54) is 20.6 Å². The van der Waals surface area contributed by atoms with Crippen molar-refractivity contribution in [1.82, 2.24) is 0 Å². The van der Waals surface area contributed by atoms with Crippen LogP contribution in [0.15, 0.2) is 34.1 Å². The van der Waals surface area contributed by atoms with Crippen LogP contribution in [-0.4, -0.2) is 6.26 Å². The van der Waals surface area contributed by atoms with Gasteiger partial charge in [-0.15, -0.1) is 23.4 Å². The van der Waals surface area contributed by atoms with Crippen LogP contribution in [-0.2, 0) is 0 Å². The highest BCUT2D eigenvalue weighted by Gasteiger charge is 1.91. The van der Waals surface area contributed by atoms with Crippen LogP contribution in [0, 0.1) is 0 Å². The van der Waals surface area contributed by atoms with E-state index < -0.39 is 0 Å². The first-order valence-electron chi connectivity index (χ1n) is 2.82. The lowest BCUT2D eigenvalue weighted by Gasteiger charge is -1.97. The molecule has 0 atom stereocenters. The summed E-state index contributed by atoms with van der Waals surface area (Å²) >= 11 is 5.85. The Bertz CT molecular complexity index is 191. The van der Waals surface area contributed by atoms with Gasteiger partial charge >= 0.3 is 0 Å². The number of hydrogen-bond donors (Lipinski definition) is 1. The second-order valence-electron chi connectivity index (χ2n) is 1.77. The number of rotatable bonds is 2. The number of hydrogen-bond acceptors (Lipinski definition) is 3. The smallest absolute Gasteiger partial charge is 0.0191 e. The van der Waals surface area contributed by atoms with Crippen LogP contribution in [0.2, 0.25) is 0 Å². The first-order chi connectivity index (χ1) is 4.86. The summed E-state index contributed by atoms with van der Waals surface area (Å²) < 4.78 is 0. The summed E-state index contributed by atoms with van der Waals surface area (Å²) in [4.78, 5) is 2.49. The van der Waals surface area contributed by atoms with Crippen molar-refractivity contribution in [3.05, 3.63) is 24.3 Å². The van der Waals surface area contributed by atoms with Gasteiger partial charge in [0.2, 0.25) is 0 Å². The third kappa shape index (κ3) is 2.15. The minimum absolute atomic E-state index is 1.20. The second-order valence-corrected chi connectivity index (χ2v) is 3.85. The van der Waals surface area contributed by atoms with Gasteiger partial charge in [-0.05, 0) is 24.5 Å². The molecule has 3 heteroatoms. The summed E-state index contributed by atoms with van der Waals surface area (Å²) in [5, 5.41) is 0. The van der Waals surface area contributed by atoms with Crippen molar-refractivity contribution in [3.8, 4) is 0 Å². The normalized spacial score (nSPS) is 9.80. The van der Waals surface area contributed by atoms with Crippen molar-refractivity contribution >= 4 is 34.2 Å². The highest BCUT2D eigenvalue weighted by Crippen LogP contribution is 2.25. The molecule has 0 saturated carbocycles. The fraction of sp³-hybridized carbons (Fsp3) is 0.143. The molecule has 1 rings (SSSR count). The SMILES string of the molecule is CSc1cccc(SS)c1. The van der Waals surface area contributed by atoms with Gasteiger partial charge < -0.3 is 0 Å². The molecule has 0 aliphatic rings. The summed E-state index contributed by atoms with van der Waals surface area (Å²) in [5.41, 5.74) is 0. The van der Waals surface area contributed by atoms with E-state index in [1.54, 1.807) is 11.8 Å². The van der Waals surface area contributed by atoms with Gasteiger partial charge in [-0.1, -0.05) is 16.9 Å². The Balaban J connectivity index is 2.87. The van der Waals surface area contributed by atoms with E-state index in [9.17, 15) is 0 Å². The van der Waals surface area contributed by atoms with Crippen molar-refractivity contribution in [1.29, 1.82) is 0 Å². The molecule has 0 aromatic heterocycles. The zero-order chi connectivity index (χ0) is 7.40. The van der Waals surface area contributed by atoms with Gasteiger partial charge in [-0.25, -0.2) is 0 Å². The predicted molar refractivity (Wildman–Crippen MR) is 53.1 cm³/mol. The molecular formula is C7H8S3. The Hall–Kier alpha value is 0.270. The predicted octanol–water partition coefficient (Wildman–Crippen LogP) is 3.35. The molecule has 0 bridgehead atoms. The third-order valence-corrected chi connectivity index (χ3v) is 2.97. The zero-order valence-corrected chi connectivity index (χ0v) is 8.10. The Labute approximate surface area is 74.6 Å². The fourth-order valence-corrected chi connectivity index (χ4v) is 1.85. The molecule has 0 spiro atoms. The molecule has 0 nitrogen and oxygen atoms in total. The summed E-state index contributed by atoms with van der Waals surface area (Å²) in [6.07, 6.45) is 2.07. The summed E-state index contributed by atoms with van der Waals surface area (Å²) in [5.74, 6) is 0. The van der Waals surface area contributed by atoms with Crippen LogP contribution in [0.4, 0.5) is 0 Å². The van der Waals surface area contributed by atoms with Crippen molar-refractivity contribution in [2.75, 3.05) is 6.26 Å². The van der Waals surface area contributed by atoms with Crippen LogP contribution in [0.25, 0.3) is 0 Å². The van der Waals surface area contributed by atoms with Crippen LogP contribution in [0.3, 0.4) is 0 Å². The summed E-state index contributed by atoms with van der Waals surface area (Å²) in [6.45, 7) is 0. The van der Waals surface area contributed by atoms with Crippen LogP contribution < -0.4 is 0 Å². The van der Waals surface area contributed by atoms with Crippen LogP contribution >= 0.6 is 34.2 Å². The van der Waals surface area contributed by atoms with E-state index in [4.69, 9.17) is 0 Å². The lowest BCUT2D eigenvalue weighted by atomic mass is 10.4. The summed E-state index contributed by atoms with van der Waals surface area (Å²) in [7, 11) is 1.48. The van der Waals surface area contributed by atoms with E-state index in [-0.39, 0.29) is 0 Å². The first kappa shape index (κ1) is 8.37. The lowest BCUT2D eigenvalue weighted by Crippen LogP contribution is -1.69. The molecule has 0 radical (unpaired) electrons. The topological polar surface area (TPSA) is 0 Å². The number of benzene rings is 1. The van der Waals surface area contributed by atoms with Gasteiger partial charge in [0.25, 0.3) is 0 Å². The molecule has 10 heavy (non-hydrogen) atoms. The Morgan fingerprint density at radius 2 is 2.00 bits per heavy atom. The van der Waals surface area contributed by atoms with Crippen molar-refractivity contribution in [2.45, 2.75) is 9.79 Å². The monoisotopic (exact) mass is 188 g/mol. The molecule has 0 fully saturated rings. The molecule has 0 aliphatic carbocycles. The minimum atomic E-state index is 1.20. The minimum Gasteiger partial charge on any atom is -0.130 e. The highest BCUT2D eigenvalue weighted by molar-refractivity contribution is 8.68. The van der Waals surface area contributed by atoms with Crippen molar-refractivity contribution in [3.63, 3.8) is 0 Å². The number of thioether (sulfide) groups is 1. The molecule has 0 saturated heterocycles. The summed E-state index contributed by atoms with van der Waals surface area (Å²) in [6, 6.07) is 8.32. The molecule has 54 valence electrons. The molecule has 1 aromatic rings. The Morgan fingerprint density at radius 1 is 1.30 bits per heavy atom. The van der Waals surface area contributed by atoms with Gasteiger partial charge in [0, 0.05) is 9.79 Å². The maximum Gasteiger partial charge on any atom is 0.0191 e. The largest absolute Gasteiger partial charge is 0.130 e. The quantitative estimate of drug-likeness (QED) is 0.429. The maximum atomic E-state index is 4.10. The molecular weight excluding hydrogens is 180 g/mol. The molecule has 0 unspecified atom stereocenters. The molecule has 0 N–H and O–H groups in total. The van der Waals surface area contributed by atoms with Gasteiger partial charge in [0.15, 0.2) is 0 Å². The average Bonchev–Trinajstić information content (AvgIpc) is 2.05. The molecule has 1 aromatic carbocycles. The van der Waals surface area contributed by atoms with Gasteiger partial charge in [-0.2, -0.15) is 0 Å². The molecule has 0 amide bonds. The van der Waals surface area contributed by atoms with Gasteiger partial charge in [0.1, 0.15) is 0 Å². The molecule has 0 heterocycles. The standard InChI is InChI=1S/C7H8S3/c1-9-6-3-2-4-7(5-6)10-8/h2-5,8H,1H3. The number of thiol groups is 1. The van der Waals surface area contributed by atoms with Crippen molar-refractivity contribution in [2.24, 2.45) is 0 Å². The van der Waals surface area contributed by atoms with E-state index in [0.29, 0.717) is 0 Å². The van der Waals surface area contributed by atoms with Gasteiger partial charge in [-0.3, -0.25) is 0 Å². The van der Waals surface area contributed by atoms with E-state index in [1.807, 2.05) is 6.07 Å². The highest BCUT2D eigenvalue weighted by atomic mass is 33.1. The second kappa shape index (κ2) is 4.21. The lowest BCUT2D eigenvalue weighted by molar-refractivity contribution is 1.34. The van der Waals surface area contributed by atoms with Crippen LogP contribution in [0.5, 0.6) is 0 Å². The Kier molecular flexibility index (Phi) is 3.52. The van der Waals surface area contributed by atoms with Gasteiger partial charge in [0.05, 0.1) is 0 Å². The maximum absolute atomic E-state index is 4.10. The zero-order valence-electron chi connectivity index (χ0n) is 5.57. The Morgan fingerprint density at radius 3 is 2.60 bits per heavy atom. The van der Waals surface area contributed by atoms with E-state index in [0.717, 1.165) is 0 Å². The molecule has 0 aliphatic heterocycles. The third-order valence-electron chi connectivity index (χ3n) is 1.15. The average molecular weight is 188 g/mol. The van der Waals surface area contributed by atoms with E-state index >= 15 is 0 Å².